The number of anilines is 2. The van der Waals surface area contributed by atoms with Crippen molar-refractivity contribution in [2.45, 2.75) is 18.9 Å². The highest BCUT2D eigenvalue weighted by molar-refractivity contribution is 7.80. The van der Waals surface area contributed by atoms with Crippen molar-refractivity contribution in [2.75, 3.05) is 16.8 Å². The number of nitrogens with one attached hydrogen (secondary N) is 1. The summed E-state index contributed by atoms with van der Waals surface area (Å²) in [6, 6.07) is 21.4. The van der Waals surface area contributed by atoms with E-state index in [1.165, 1.54) is 29.2 Å². The van der Waals surface area contributed by atoms with Crippen LogP contribution in [-0.4, -0.2) is 34.4 Å². The van der Waals surface area contributed by atoms with Gasteiger partial charge in [-0.15, -0.1) is 0 Å². The van der Waals surface area contributed by atoms with Crippen LogP contribution < -0.4 is 10.2 Å². The van der Waals surface area contributed by atoms with Gasteiger partial charge in [0.05, 0.1) is 12.1 Å². The Morgan fingerprint density at radius 1 is 1.00 bits per heavy atom. The zero-order valence-electron chi connectivity index (χ0n) is 17.6. The second-order valence-corrected chi connectivity index (χ2v) is 8.44. The lowest BCUT2D eigenvalue weighted by atomic mass is 10.1. The lowest BCUT2D eigenvalue weighted by Gasteiger charge is -2.24. The average Bonchev–Trinajstić information content (AvgIpc) is 3.04. The van der Waals surface area contributed by atoms with Crippen molar-refractivity contribution in [3.63, 3.8) is 0 Å². The van der Waals surface area contributed by atoms with Gasteiger partial charge in [-0.2, -0.15) is 0 Å². The van der Waals surface area contributed by atoms with Crippen LogP contribution in [0, 0.1) is 5.82 Å². The van der Waals surface area contributed by atoms with Gasteiger partial charge in [0.2, 0.25) is 5.91 Å². The molecule has 0 aromatic heterocycles. The molecule has 1 N–H and O–H groups in total. The number of halogens is 2. The second kappa shape index (κ2) is 10.1. The fourth-order valence-corrected chi connectivity index (χ4v) is 4.26. The van der Waals surface area contributed by atoms with Gasteiger partial charge in [0.15, 0.2) is 5.11 Å². The first kappa shape index (κ1) is 22.9. The molecular formula is C25H21ClFN3O2S. The molecule has 2 amide bonds. The number of hydrogen-bond acceptors (Lipinski definition) is 3. The van der Waals surface area contributed by atoms with Gasteiger partial charge in [-0.25, -0.2) is 4.39 Å². The first-order valence-electron chi connectivity index (χ1n) is 10.4. The van der Waals surface area contributed by atoms with E-state index in [1.54, 1.807) is 4.90 Å². The molecule has 0 radical (unpaired) electrons. The molecule has 8 heteroatoms. The highest BCUT2D eigenvalue weighted by atomic mass is 35.5. The van der Waals surface area contributed by atoms with Crippen LogP contribution in [0.5, 0.6) is 0 Å². The van der Waals surface area contributed by atoms with Crippen LogP contribution >= 0.6 is 23.8 Å². The fraction of sp³-hybridized carbons (Fsp3) is 0.160. The molecule has 1 aliphatic heterocycles. The quantitative estimate of drug-likeness (QED) is 0.480. The number of rotatable bonds is 7. The topological polar surface area (TPSA) is 52.7 Å². The number of benzene rings is 3. The summed E-state index contributed by atoms with van der Waals surface area (Å²) in [6.45, 7) is 0.462. The van der Waals surface area contributed by atoms with Crippen molar-refractivity contribution < 1.29 is 14.0 Å². The number of thiocarbonyl (C=S) groups is 1. The van der Waals surface area contributed by atoms with Crippen molar-refractivity contribution in [1.29, 1.82) is 0 Å². The summed E-state index contributed by atoms with van der Waals surface area (Å²) in [5.74, 6) is -0.998. The zero-order valence-corrected chi connectivity index (χ0v) is 19.2. The van der Waals surface area contributed by atoms with Gasteiger partial charge >= 0.3 is 0 Å². The lowest BCUT2D eigenvalue weighted by molar-refractivity contribution is -0.124. The number of nitrogens with zero attached hydrogens (tertiary/aromatic N) is 2. The first-order valence-corrected chi connectivity index (χ1v) is 11.2. The summed E-state index contributed by atoms with van der Waals surface area (Å²) < 4.78 is 13.2. The van der Waals surface area contributed by atoms with Gasteiger partial charge in [0.25, 0.3) is 5.91 Å². The monoisotopic (exact) mass is 481 g/mol. The van der Waals surface area contributed by atoms with E-state index in [0.717, 1.165) is 5.56 Å². The molecule has 1 atom stereocenters. The Bertz CT molecular complexity index is 1160. The molecule has 1 heterocycles. The summed E-state index contributed by atoms with van der Waals surface area (Å²) in [4.78, 5) is 29.4. The number of hydrogen-bond donors (Lipinski definition) is 1. The maximum absolute atomic E-state index is 13.4. The minimum absolute atomic E-state index is 0.0830. The van der Waals surface area contributed by atoms with Gasteiger partial charge in [0.1, 0.15) is 11.9 Å². The summed E-state index contributed by atoms with van der Waals surface area (Å²) >= 11 is 11.6. The Balaban J connectivity index is 1.54. The van der Waals surface area contributed by atoms with E-state index >= 15 is 0 Å². The number of para-hydroxylation sites is 1. The van der Waals surface area contributed by atoms with Crippen LogP contribution in [0.15, 0.2) is 78.9 Å². The Hall–Kier alpha value is -3.29. The van der Waals surface area contributed by atoms with Gasteiger partial charge in [-0.1, -0.05) is 41.9 Å². The highest BCUT2D eigenvalue weighted by Gasteiger charge is 2.43. The average molecular weight is 482 g/mol. The molecule has 4 rings (SSSR count). The Labute approximate surface area is 201 Å². The standard InChI is InChI=1S/C25H21ClFN3O2S/c26-18-8-6-17(7-9-18)14-15-29-22(16-23(31)28-20-12-10-19(27)11-13-20)24(32)30(25(29)33)21-4-2-1-3-5-21/h1-13,22H,14-16H2,(H,28,31)/t22-/m0/s1. The van der Waals surface area contributed by atoms with Gasteiger partial charge in [-0.05, 0) is 72.7 Å². The van der Waals surface area contributed by atoms with E-state index in [9.17, 15) is 14.0 Å². The van der Waals surface area contributed by atoms with Crippen LogP contribution in [0.1, 0.15) is 12.0 Å². The van der Waals surface area contributed by atoms with E-state index < -0.39 is 11.9 Å². The summed E-state index contributed by atoms with van der Waals surface area (Å²) in [5.41, 5.74) is 2.16. The van der Waals surface area contributed by atoms with Crippen LogP contribution in [0.4, 0.5) is 15.8 Å². The smallest absolute Gasteiger partial charge is 0.256 e. The summed E-state index contributed by atoms with van der Waals surface area (Å²) in [7, 11) is 0. The Morgan fingerprint density at radius 3 is 2.33 bits per heavy atom. The van der Waals surface area contributed by atoms with E-state index in [0.29, 0.717) is 34.5 Å². The summed E-state index contributed by atoms with van der Waals surface area (Å²) in [5, 5.41) is 3.74. The number of amides is 2. The van der Waals surface area contributed by atoms with Crippen molar-refractivity contribution in [3.8, 4) is 0 Å². The van der Waals surface area contributed by atoms with Gasteiger partial charge in [0, 0.05) is 17.3 Å². The molecule has 1 fully saturated rings. The largest absolute Gasteiger partial charge is 0.336 e. The van der Waals surface area contributed by atoms with Crippen molar-refractivity contribution >= 4 is 52.1 Å². The van der Waals surface area contributed by atoms with E-state index in [4.69, 9.17) is 23.8 Å². The maximum Gasteiger partial charge on any atom is 0.256 e. The van der Waals surface area contributed by atoms with Crippen molar-refractivity contribution in [3.05, 3.63) is 95.3 Å². The fourth-order valence-electron chi connectivity index (χ4n) is 3.72. The molecule has 0 saturated carbocycles. The van der Waals surface area contributed by atoms with Crippen LogP contribution in [0.3, 0.4) is 0 Å². The molecule has 0 bridgehead atoms. The molecule has 1 saturated heterocycles. The minimum Gasteiger partial charge on any atom is -0.336 e. The van der Waals surface area contributed by atoms with E-state index in [2.05, 4.69) is 5.32 Å². The van der Waals surface area contributed by atoms with Crippen LogP contribution in [-0.2, 0) is 16.0 Å². The van der Waals surface area contributed by atoms with E-state index in [1.807, 2.05) is 54.6 Å². The Morgan fingerprint density at radius 2 is 1.67 bits per heavy atom. The first-order chi connectivity index (χ1) is 15.9. The maximum atomic E-state index is 13.4. The minimum atomic E-state index is -0.745. The molecule has 3 aromatic carbocycles. The highest BCUT2D eigenvalue weighted by Crippen LogP contribution is 2.27. The number of carbonyl (C=O) groups is 2. The van der Waals surface area contributed by atoms with Crippen molar-refractivity contribution in [1.82, 2.24) is 4.90 Å². The molecule has 5 nitrogen and oxygen atoms in total. The third-order valence-corrected chi connectivity index (χ3v) is 6.06. The Kier molecular flexibility index (Phi) is 7.01. The third kappa shape index (κ3) is 5.38. The predicted molar refractivity (Wildman–Crippen MR) is 132 cm³/mol. The third-order valence-electron chi connectivity index (χ3n) is 5.39. The second-order valence-electron chi connectivity index (χ2n) is 7.64. The zero-order chi connectivity index (χ0) is 23.4. The molecule has 1 aliphatic rings. The molecule has 0 unspecified atom stereocenters. The van der Waals surface area contributed by atoms with Gasteiger partial charge < -0.3 is 10.2 Å². The molecular weight excluding hydrogens is 461 g/mol. The van der Waals surface area contributed by atoms with Gasteiger partial charge in [-0.3, -0.25) is 14.5 Å². The van der Waals surface area contributed by atoms with Crippen molar-refractivity contribution in [2.24, 2.45) is 0 Å². The summed E-state index contributed by atoms with van der Waals surface area (Å²) in [6.07, 6.45) is 0.545. The predicted octanol–water partition coefficient (Wildman–Crippen LogP) is 5.05. The molecule has 3 aromatic rings. The number of carbonyl (C=O) groups excluding carboxylic acids is 2. The molecule has 33 heavy (non-hydrogen) atoms. The SMILES string of the molecule is O=C(C[C@H]1C(=O)N(c2ccccc2)C(=S)N1CCc1ccc(Cl)cc1)Nc1ccc(F)cc1. The van der Waals surface area contributed by atoms with E-state index in [-0.39, 0.29) is 18.2 Å². The normalized spacial score (nSPS) is 15.8. The molecule has 168 valence electrons. The molecule has 0 aliphatic carbocycles. The lowest BCUT2D eigenvalue weighted by Crippen LogP contribution is -2.39. The van der Waals surface area contributed by atoms with Crippen LogP contribution in [0.25, 0.3) is 0 Å². The van der Waals surface area contributed by atoms with Crippen LogP contribution in [0.2, 0.25) is 5.02 Å². The molecule has 0 spiro atoms.